The van der Waals surface area contributed by atoms with Crippen LogP contribution in [0.4, 0.5) is 11.4 Å². The maximum absolute atomic E-state index is 13.1. The summed E-state index contributed by atoms with van der Waals surface area (Å²) in [4.78, 5) is 29.6. The van der Waals surface area contributed by atoms with E-state index in [2.05, 4.69) is 17.1 Å². The van der Waals surface area contributed by atoms with Crippen LogP contribution in [0.5, 0.6) is 0 Å². The second-order valence-electron chi connectivity index (χ2n) is 7.78. The number of hydrogen-bond acceptors (Lipinski definition) is 3. The third-order valence-electron chi connectivity index (χ3n) is 5.61. The van der Waals surface area contributed by atoms with E-state index in [1.54, 1.807) is 0 Å². The summed E-state index contributed by atoms with van der Waals surface area (Å²) in [5.74, 6) is 0.142. The van der Waals surface area contributed by atoms with Crippen LogP contribution in [0.25, 0.3) is 0 Å². The number of carbonyl (C=O) groups excluding carboxylic acids is 2. The van der Waals surface area contributed by atoms with Crippen LogP contribution in [0.2, 0.25) is 0 Å². The maximum Gasteiger partial charge on any atom is 0.256 e. The lowest BCUT2D eigenvalue weighted by Gasteiger charge is -2.31. The van der Waals surface area contributed by atoms with Gasteiger partial charge in [0.1, 0.15) is 0 Å². The fraction of sp³-hybridized carbons (Fsp3) is 0.636. The van der Waals surface area contributed by atoms with Gasteiger partial charge in [0, 0.05) is 44.0 Å². The molecule has 3 rings (SSSR count). The van der Waals surface area contributed by atoms with Crippen LogP contribution in [-0.2, 0) is 4.79 Å². The minimum Gasteiger partial charge on any atom is -0.371 e. The Bertz CT molecular complexity index is 647. The molecule has 2 fully saturated rings. The summed E-state index contributed by atoms with van der Waals surface area (Å²) in [5, 5.41) is 2.99. The Morgan fingerprint density at radius 2 is 1.67 bits per heavy atom. The topological polar surface area (TPSA) is 52.7 Å². The molecule has 0 aliphatic carbocycles. The van der Waals surface area contributed by atoms with E-state index in [1.807, 2.05) is 23.1 Å². The van der Waals surface area contributed by atoms with Crippen molar-refractivity contribution in [3.05, 3.63) is 23.8 Å². The highest BCUT2D eigenvalue weighted by atomic mass is 16.2. The van der Waals surface area contributed by atoms with E-state index in [0.717, 1.165) is 75.2 Å². The average molecular weight is 372 g/mol. The molecular weight excluding hydrogens is 338 g/mol. The highest BCUT2D eigenvalue weighted by Gasteiger charge is 2.25. The molecule has 0 unspecified atom stereocenters. The van der Waals surface area contributed by atoms with Gasteiger partial charge in [-0.2, -0.15) is 0 Å². The highest BCUT2D eigenvalue weighted by molar-refractivity contribution is 6.02. The minimum absolute atomic E-state index is 0.0359. The zero-order valence-electron chi connectivity index (χ0n) is 16.6. The third kappa shape index (κ3) is 5.24. The number of amides is 2. The quantitative estimate of drug-likeness (QED) is 0.721. The molecule has 0 spiro atoms. The summed E-state index contributed by atoms with van der Waals surface area (Å²) in [6.07, 6.45) is 9.40. The molecule has 2 aliphatic rings. The Balaban J connectivity index is 1.78. The van der Waals surface area contributed by atoms with E-state index >= 15 is 0 Å². The standard InChI is InChI=1S/C22H33N3O2/c1-2-3-5-10-21(26)23-18-11-12-20(24-13-6-4-7-14-24)19(17-18)22(27)25-15-8-9-16-25/h11-12,17H,2-10,13-16H2,1H3,(H,23,26). The van der Waals surface area contributed by atoms with Gasteiger partial charge in [0.25, 0.3) is 5.91 Å². The summed E-state index contributed by atoms with van der Waals surface area (Å²) in [6, 6.07) is 5.86. The molecule has 1 N–H and O–H groups in total. The monoisotopic (exact) mass is 371 g/mol. The van der Waals surface area contributed by atoms with Crippen molar-refractivity contribution < 1.29 is 9.59 Å². The molecular formula is C22H33N3O2. The molecule has 0 aromatic heterocycles. The number of nitrogens with zero attached hydrogens (tertiary/aromatic N) is 2. The molecule has 0 radical (unpaired) electrons. The van der Waals surface area contributed by atoms with Gasteiger partial charge in [-0.15, -0.1) is 0 Å². The number of benzene rings is 1. The first kappa shape index (κ1) is 19.7. The third-order valence-corrected chi connectivity index (χ3v) is 5.61. The predicted octanol–water partition coefficient (Wildman–Crippen LogP) is 4.43. The molecule has 5 nitrogen and oxygen atoms in total. The van der Waals surface area contributed by atoms with Crippen molar-refractivity contribution in [1.29, 1.82) is 0 Å². The molecule has 0 atom stereocenters. The van der Waals surface area contributed by atoms with Crippen molar-refractivity contribution in [2.75, 3.05) is 36.4 Å². The van der Waals surface area contributed by atoms with Gasteiger partial charge in [-0.25, -0.2) is 0 Å². The van der Waals surface area contributed by atoms with Crippen LogP contribution in [0.15, 0.2) is 18.2 Å². The lowest BCUT2D eigenvalue weighted by atomic mass is 10.1. The summed E-state index contributed by atoms with van der Waals surface area (Å²) < 4.78 is 0. The molecule has 2 saturated heterocycles. The van der Waals surface area contributed by atoms with Crippen molar-refractivity contribution in [3.63, 3.8) is 0 Å². The molecule has 2 heterocycles. The average Bonchev–Trinajstić information content (AvgIpc) is 3.23. The van der Waals surface area contributed by atoms with Crippen LogP contribution >= 0.6 is 0 Å². The van der Waals surface area contributed by atoms with Crippen LogP contribution in [0.3, 0.4) is 0 Å². The van der Waals surface area contributed by atoms with E-state index < -0.39 is 0 Å². The molecule has 2 amide bonds. The predicted molar refractivity (Wildman–Crippen MR) is 110 cm³/mol. The Labute approximate surface area is 163 Å². The number of likely N-dealkylation sites (tertiary alicyclic amines) is 1. The summed E-state index contributed by atoms with van der Waals surface area (Å²) in [7, 11) is 0. The SMILES string of the molecule is CCCCCC(=O)Nc1ccc(N2CCCCC2)c(C(=O)N2CCCC2)c1. The van der Waals surface area contributed by atoms with Crippen molar-refractivity contribution in [2.24, 2.45) is 0 Å². The Kier molecular flexibility index (Phi) is 7.13. The van der Waals surface area contributed by atoms with Gasteiger partial charge >= 0.3 is 0 Å². The Hall–Kier alpha value is -2.04. The van der Waals surface area contributed by atoms with Gasteiger partial charge in [-0.3, -0.25) is 9.59 Å². The molecule has 0 saturated carbocycles. The second-order valence-corrected chi connectivity index (χ2v) is 7.78. The molecule has 1 aromatic rings. The van der Waals surface area contributed by atoms with Gasteiger partial charge in [-0.1, -0.05) is 19.8 Å². The molecule has 1 aromatic carbocycles. The minimum atomic E-state index is 0.0359. The highest BCUT2D eigenvalue weighted by Crippen LogP contribution is 2.29. The van der Waals surface area contributed by atoms with Crippen LogP contribution in [0, 0.1) is 0 Å². The largest absolute Gasteiger partial charge is 0.371 e. The normalized spacial score (nSPS) is 17.2. The lowest BCUT2D eigenvalue weighted by molar-refractivity contribution is -0.116. The molecule has 27 heavy (non-hydrogen) atoms. The molecule has 2 aliphatic heterocycles. The van der Waals surface area contributed by atoms with Crippen LogP contribution in [0.1, 0.15) is 75.1 Å². The fourth-order valence-electron chi connectivity index (χ4n) is 4.05. The molecule has 0 bridgehead atoms. The van der Waals surface area contributed by atoms with E-state index in [0.29, 0.717) is 6.42 Å². The van der Waals surface area contributed by atoms with Gasteiger partial charge < -0.3 is 15.1 Å². The van der Waals surface area contributed by atoms with Gasteiger partial charge in [0.15, 0.2) is 0 Å². The van der Waals surface area contributed by atoms with Crippen molar-refractivity contribution in [1.82, 2.24) is 4.90 Å². The molecule has 5 heteroatoms. The number of nitrogens with one attached hydrogen (secondary N) is 1. The zero-order valence-corrected chi connectivity index (χ0v) is 16.6. The number of hydrogen-bond donors (Lipinski definition) is 1. The smallest absolute Gasteiger partial charge is 0.256 e. The Morgan fingerprint density at radius 3 is 2.37 bits per heavy atom. The summed E-state index contributed by atoms with van der Waals surface area (Å²) in [6.45, 7) is 5.82. The Morgan fingerprint density at radius 1 is 0.963 bits per heavy atom. The summed E-state index contributed by atoms with van der Waals surface area (Å²) in [5.41, 5.74) is 2.50. The number of piperidine rings is 1. The number of carbonyl (C=O) groups is 2. The first-order valence-electron chi connectivity index (χ1n) is 10.7. The summed E-state index contributed by atoms with van der Waals surface area (Å²) >= 11 is 0. The first-order chi connectivity index (χ1) is 13.2. The first-order valence-corrected chi connectivity index (χ1v) is 10.7. The van der Waals surface area contributed by atoms with Crippen LogP contribution < -0.4 is 10.2 Å². The van der Waals surface area contributed by atoms with Gasteiger partial charge in [-0.05, 0) is 56.7 Å². The zero-order chi connectivity index (χ0) is 19.1. The second kappa shape index (κ2) is 9.77. The maximum atomic E-state index is 13.1. The van der Waals surface area contributed by atoms with Gasteiger partial charge in [0.2, 0.25) is 5.91 Å². The van der Waals surface area contributed by atoms with Gasteiger partial charge in [0.05, 0.1) is 5.56 Å². The lowest BCUT2D eigenvalue weighted by Crippen LogP contribution is -2.34. The van der Waals surface area contributed by atoms with E-state index in [-0.39, 0.29) is 11.8 Å². The van der Waals surface area contributed by atoms with E-state index in [1.165, 1.54) is 19.3 Å². The fourth-order valence-corrected chi connectivity index (χ4v) is 4.05. The molecule has 148 valence electrons. The van der Waals surface area contributed by atoms with Crippen molar-refractivity contribution >= 4 is 23.2 Å². The van der Waals surface area contributed by atoms with E-state index in [9.17, 15) is 9.59 Å². The van der Waals surface area contributed by atoms with E-state index in [4.69, 9.17) is 0 Å². The van der Waals surface area contributed by atoms with Crippen molar-refractivity contribution in [3.8, 4) is 0 Å². The van der Waals surface area contributed by atoms with Crippen LogP contribution in [-0.4, -0.2) is 42.9 Å². The number of unbranched alkanes of at least 4 members (excludes halogenated alkanes) is 2. The van der Waals surface area contributed by atoms with Crippen molar-refractivity contribution in [2.45, 2.75) is 64.7 Å². The number of anilines is 2. The number of rotatable bonds is 7.